The zero-order valence-corrected chi connectivity index (χ0v) is 21.2. The summed E-state index contributed by atoms with van der Waals surface area (Å²) in [5.74, 6) is -0.0724. The topological polar surface area (TPSA) is 78.0 Å². The number of amides is 2. The molecule has 1 fully saturated rings. The number of carbonyl (C=O) groups excluding carboxylic acids is 2. The number of hydrogen-bond acceptors (Lipinski definition) is 4. The summed E-state index contributed by atoms with van der Waals surface area (Å²) in [4.78, 5) is 29.5. The Morgan fingerprint density at radius 1 is 0.912 bits per heavy atom. The second kappa shape index (κ2) is 11.6. The van der Waals surface area contributed by atoms with Gasteiger partial charge in [0.2, 0.25) is 15.9 Å². The lowest BCUT2D eigenvalue weighted by Crippen LogP contribution is -2.50. The van der Waals surface area contributed by atoms with E-state index in [2.05, 4.69) is 12.1 Å². The molecule has 0 bridgehead atoms. The first kappa shape index (κ1) is 25.9. The first-order valence-electron chi connectivity index (χ1n) is 12.0. The second-order valence-electron chi connectivity index (χ2n) is 8.58. The maximum atomic E-state index is 13.2. The van der Waals surface area contributed by atoms with Crippen molar-refractivity contribution in [2.45, 2.75) is 44.9 Å². The maximum Gasteiger partial charge on any atom is 0.254 e. The van der Waals surface area contributed by atoms with Crippen LogP contribution in [0, 0.1) is 6.92 Å². The molecule has 8 heteroatoms. The van der Waals surface area contributed by atoms with Crippen LogP contribution in [0.15, 0.2) is 53.4 Å². The number of benzene rings is 2. The lowest BCUT2D eigenvalue weighted by atomic mass is 10.1. The SMILES string of the molecule is CCN(CC)S(=O)(=O)c1ccc(C)c(C(=O)N2CCN(C(=O)CCCc3ccccc3)CC2)c1. The molecule has 0 atom stereocenters. The van der Waals surface area contributed by atoms with Crippen molar-refractivity contribution in [1.82, 2.24) is 14.1 Å². The van der Waals surface area contributed by atoms with Crippen LogP contribution in [0.2, 0.25) is 0 Å². The summed E-state index contributed by atoms with van der Waals surface area (Å²) < 4.78 is 27.2. The van der Waals surface area contributed by atoms with E-state index >= 15 is 0 Å². The van der Waals surface area contributed by atoms with Gasteiger partial charge in [0.25, 0.3) is 5.91 Å². The first-order chi connectivity index (χ1) is 16.3. The molecule has 184 valence electrons. The van der Waals surface area contributed by atoms with Gasteiger partial charge in [-0.3, -0.25) is 9.59 Å². The molecule has 2 amide bonds. The van der Waals surface area contributed by atoms with Crippen LogP contribution in [0.1, 0.15) is 48.2 Å². The standard InChI is InChI=1S/C26H35N3O4S/c1-4-29(5-2)34(32,33)23-15-14-21(3)24(20-23)26(31)28-18-16-27(17-19-28)25(30)13-9-12-22-10-7-6-8-11-22/h6-8,10-11,14-15,20H,4-5,9,12-13,16-19H2,1-3H3. The molecule has 2 aromatic rings. The van der Waals surface area contributed by atoms with Crippen LogP contribution in [-0.2, 0) is 21.2 Å². The molecule has 0 aliphatic carbocycles. The van der Waals surface area contributed by atoms with Crippen molar-refractivity contribution in [1.29, 1.82) is 0 Å². The fourth-order valence-electron chi connectivity index (χ4n) is 4.28. The molecule has 1 aliphatic heterocycles. The van der Waals surface area contributed by atoms with Crippen LogP contribution in [0.5, 0.6) is 0 Å². The molecule has 0 aromatic heterocycles. The van der Waals surface area contributed by atoms with Crippen LogP contribution >= 0.6 is 0 Å². The summed E-state index contributed by atoms with van der Waals surface area (Å²) in [6.45, 7) is 8.01. The first-order valence-corrected chi connectivity index (χ1v) is 13.4. The molecule has 0 N–H and O–H groups in total. The number of carbonyl (C=O) groups is 2. The highest BCUT2D eigenvalue weighted by Crippen LogP contribution is 2.21. The summed E-state index contributed by atoms with van der Waals surface area (Å²) in [7, 11) is -3.64. The number of piperazine rings is 1. The van der Waals surface area contributed by atoms with Crippen LogP contribution in [-0.4, -0.2) is 73.6 Å². The van der Waals surface area contributed by atoms with Gasteiger partial charge in [-0.15, -0.1) is 0 Å². The van der Waals surface area contributed by atoms with Gasteiger partial charge >= 0.3 is 0 Å². The smallest absolute Gasteiger partial charge is 0.254 e. The Labute approximate surface area is 203 Å². The van der Waals surface area contributed by atoms with Crippen LogP contribution < -0.4 is 0 Å². The van der Waals surface area contributed by atoms with Crippen LogP contribution in [0.3, 0.4) is 0 Å². The molecule has 3 rings (SSSR count). The Morgan fingerprint density at radius 2 is 1.53 bits per heavy atom. The summed E-state index contributed by atoms with van der Waals surface area (Å²) >= 11 is 0. The quantitative estimate of drug-likeness (QED) is 0.546. The molecule has 1 heterocycles. The monoisotopic (exact) mass is 485 g/mol. The van der Waals surface area contributed by atoms with E-state index in [0.29, 0.717) is 51.3 Å². The van der Waals surface area contributed by atoms with E-state index < -0.39 is 10.0 Å². The van der Waals surface area contributed by atoms with E-state index in [9.17, 15) is 18.0 Å². The summed E-state index contributed by atoms with van der Waals surface area (Å²) in [6.07, 6.45) is 2.17. The van der Waals surface area contributed by atoms with Gasteiger partial charge in [0.15, 0.2) is 0 Å². The number of hydrogen-bond donors (Lipinski definition) is 0. The average Bonchev–Trinajstić information content (AvgIpc) is 2.85. The average molecular weight is 486 g/mol. The fraction of sp³-hybridized carbons (Fsp3) is 0.462. The predicted octanol–water partition coefficient (Wildman–Crippen LogP) is 3.33. The van der Waals surface area contributed by atoms with Gasteiger partial charge in [0.05, 0.1) is 4.90 Å². The molecule has 0 unspecified atom stereocenters. The molecule has 0 spiro atoms. The Hall–Kier alpha value is -2.71. The van der Waals surface area contributed by atoms with Crippen LogP contribution in [0.25, 0.3) is 0 Å². The largest absolute Gasteiger partial charge is 0.339 e. The minimum absolute atomic E-state index is 0.117. The number of nitrogens with zero attached hydrogens (tertiary/aromatic N) is 3. The van der Waals surface area contributed by atoms with E-state index in [0.717, 1.165) is 18.4 Å². The molecule has 0 saturated carbocycles. The van der Waals surface area contributed by atoms with Crippen LogP contribution in [0.4, 0.5) is 0 Å². The zero-order chi connectivity index (χ0) is 24.7. The number of sulfonamides is 1. The van der Waals surface area contributed by atoms with Gasteiger partial charge in [-0.25, -0.2) is 8.42 Å². The minimum atomic E-state index is -3.64. The van der Waals surface area contributed by atoms with E-state index in [1.807, 2.05) is 30.0 Å². The summed E-state index contributed by atoms with van der Waals surface area (Å²) in [6, 6.07) is 14.9. The second-order valence-corrected chi connectivity index (χ2v) is 10.5. The van der Waals surface area contributed by atoms with Crippen molar-refractivity contribution in [2.75, 3.05) is 39.3 Å². The zero-order valence-electron chi connectivity index (χ0n) is 20.4. The van der Waals surface area contributed by atoms with E-state index in [-0.39, 0.29) is 16.7 Å². The number of aryl methyl sites for hydroxylation is 2. The third-order valence-corrected chi connectivity index (χ3v) is 8.45. The highest BCUT2D eigenvalue weighted by molar-refractivity contribution is 7.89. The Kier molecular flexibility index (Phi) is 8.85. The predicted molar refractivity (Wildman–Crippen MR) is 133 cm³/mol. The van der Waals surface area contributed by atoms with Crippen molar-refractivity contribution < 1.29 is 18.0 Å². The summed E-state index contributed by atoms with van der Waals surface area (Å²) in [5.41, 5.74) is 2.37. The van der Waals surface area contributed by atoms with E-state index in [4.69, 9.17) is 0 Å². The van der Waals surface area contributed by atoms with Gasteiger partial charge in [-0.05, 0) is 43.0 Å². The van der Waals surface area contributed by atoms with Gasteiger partial charge in [0, 0.05) is 51.3 Å². The number of rotatable bonds is 9. The Bertz CT molecular complexity index is 1090. The van der Waals surface area contributed by atoms with Crippen molar-refractivity contribution >= 4 is 21.8 Å². The van der Waals surface area contributed by atoms with Crippen molar-refractivity contribution in [3.05, 3.63) is 65.2 Å². The highest BCUT2D eigenvalue weighted by atomic mass is 32.2. The molecule has 34 heavy (non-hydrogen) atoms. The molecule has 2 aromatic carbocycles. The maximum absolute atomic E-state index is 13.2. The summed E-state index contributed by atoms with van der Waals surface area (Å²) in [5, 5.41) is 0. The Morgan fingerprint density at radius 3 is 2.15 bits per heavy atom. The van der Waals surface area contributed by atoms with Crippen molar-refractivity contribution in [3.63, 3.8) is 0 Å². The Balaban J connectivity index is 1.59. The lowest BCUT2D eigenvalue weighted by Gasteiger charge is -2.35. The van der Waals surface area contributed by atoms with Gasteiger partial charge in [0.1, 0.15) is 0 Å². The molecule has 1 saturated heterocycles. The molecule has 1 aliphatic rings. The van der Waals surface area contributed by atoms with E-state index in [1.54, 1.807) is 30.9 Å². The van der Waals surface area contributed by atoms with E-state index in [1.165, 1.54) is 15.9 Å². The van der Waals surface area contributed by atoms with Gasteiger partial charge in [-0.1, -0.05) is 50.2 Å². The van der Waals surface area contributed by atoms with Crippen molar-refractivity contribution in [3.8, 4) is 0 Å². The van der Waals surface area contributed by atoms with Gasteiger partial charge in [-0.2, -0.15) is 4.31 Å². The third-order valence-electron chi connectivity index (χ3n) is 6.40. The molecular formula is C26H35N3O4S. The fourth-order valence-corrected chi connectivity index (χ4v) is 5.77. The lowest BCUT2D eigenvalue weighted by molar-refractivity contribution is -0.132. The third kappa shape index (κ3) is 6.04. The van der Waals surface area contributed by atoms with Crippen molar-refractivity contribution in [2.24, 2.45) is 0 Å². The molecular weight excluding hydrogens is 450 g/mol. The normalized spacial score (nSPS) is 14.5. The minimum Gasteiger partial charge on any atom is -0.339 e. The molecule has 7 nitrogen and oxygen atoms in total. The van der Waals surface area contributed by atoms with Gasteiger partial charge < -0.3 is 9.80 Å². The molecule has 0 radical (unpaired) electrons. The highest BCUT2D eigenvalue weighted by Gasteiger charge is 2.28.